The van der Waals surface area contributed by atoms with E-state index in [1.54, 1.807) is 18.2 Å². The van der Waals surface area contributed by atoms with Gasteiger partial charge < -0.3 is 5.32 Å². The van der Waals surface area contributed by atoms with Gasteiger partial charge in [0.15, 0.2) is 0 Å². The SMILES string of the molecule is C=CCN(c1cccc(Cl)c1Cl)S(=O)(=O)c1ccc(NC(C)=O)cc1. The second-order valence-corrected chi connectivity index (χ2v) is 7.75. The number of hydrogen-bond acceptors (Lipinski definition) is 3. The number of benzene rings is 2. The molecular weight excluding hydrogens is 383 g/mol. The molecule has 0 unspecified atom stereocenters. The van der Waals surface area contributed by atoms with E-state index < -0.39 is 10.0 Å². The molecule has 0 aliphatic rings. The Morgan fingerprint density at radius 1 is 1.20 bits per heavy atom. The molecule has 1 N–H and O–H groups in total. The van der Waals surface area contributed by atoms with Crippen molar-refractivity contribution in [3.05, 3.63) is 65.2 Å². The summed E-state index contributed by atoms with van der Waals surface area (Å²) in [5, 5.41) is 2.98. The van der Waals surface area contributed by atoms with Gasteiger partial charge in [-0.1, -0.05) is 35.3 Å². The number of anilines is 2. The standard InChI is InChI=1S/C17H16Cl2N2O3S/c1-3-11-21(16-6-4-5-15(18)17(16)19)25(23,24)14-9-7-13(8-10-14)20-12(2)22/h3-10H,1,11H2,2H3,(H,20,22). The van der Waals surface area contributed by atoms with Gasteiger partial charge in [-0.25, -0.2) is 8.42 Å². The third kappa shape index (κ3) is 4.34. The third-order valence-electron chi connectivity index (χ3n) is 3.26. The van der Waals surface area contributed by atoms with E-state index in [1.807, 2.05) is 0 Å². The number of sulfonamides is 1. The molecular formula is C17H16Cl2N2O3S. The molecule has 0 saturated heterocycles. The minimum atomic E-state index is -3.89. The average Bonchev–Trinajstić information content (AvgIpc) is 2.55. The number of rotatable bonds is 6. The molecule has 0 saturated carbocycles. The first-order valence-electron chi connectivity index (χ1n) is 7.22. The molecule has 8 heteroatoms. The van der Waals surface area contributed by atoms with Gasteiger partial charge in [-0.05, 0) is 36.4 Å². The zero-order valence-electron chi connectivity index (χ0n) is 13.4. The van der Waals surface area contributed by atoms with Gasteiger partial charge >= 0.3 is 0 Å². The van der Waals surface area contributed by atoms with Crippen LogP contribution in [0.1, 0.15) is 6.92 Å². The average molecular weight is 399 g/mol. The molecule has 0 aliphatic heterocycles. The molecule has 0 fully saturated rings. The fourth-order valence-corrected chi connectivity index (χ4v) is 4.06. The lowest BCUT2D eigenvalue weighted by atomic mass is 10.3. The maximum atomic E-state index is 13.0. The zero-order valence-corrected chi connectivity index (χ0v) is 15.7. The summed E-state index contributed by atoms with van der Waals surface area (Å²) < 4.78 is 27.1. The number of hydrogen-bond donors (Lipinski definition) is 1. The summed E-state index contributed by atoms with van der Waals surface area (Å²) in [6, 6.07) is 10.6. The lowest BCUT2D eigenvalue weighted by molar-refractivity contribution is -0.114. The second-order valence-electron chi connectivity index (χ2n) is 5.10. The highest BCUT2D eigenvalue weighted by Crippen LogP contribution is 2.35. The molecule has 0 bridgehead atoms. The predicted molar refractivity (Wildman–Crippen MR) is 102 cm³/mol. The number of amides is 1. The molecule has 1 amide bonds. The summed E-state index contributed by atoms with van der Waals surface area (Å²) in [6.45, 7) is 5.00. The Morgan fingerprint density at radius 3 is 2.40 bits per heavy atom. The molecule has 0 radical (unpaired) electrons. The smallest absolute Gasteiger partial charge is 0.264 e. The molecule has 5 nitrogen and oxygen atoms in total. The number of nitrogens with one attached hydrogen (secondary N) is 1. The van der Waals surface area contributed by atoms with Crippen LogP contribution in [-0.2, 0) is 14.8 Å². The van der Waals surface area contributed by atoms with Gasteiger partial charge in [-0.3, -0.25) is 9.10 Å². The maximum absolute atomic E-state index is 13.0. The van der Waals surface area contributed by atoms with E-state index in [2.05, 4.69) is 11.9 Å². The largest absolute Gasteiger partial charge is 0.326 e. The minimum absolute atomic E-state index is 0.0237. The van der Waals surface area contributed by atoms with Crippen LogP contribution in [0.5, 0.6) is 0 Å². The molecule has 2 aromatic rings. The monoisotopic (exact) mass is 398 g/mol. The van der Waals surface area contributed by atoms with Gasteiger partial charge in [0.2, 0.25) is 5.91 Å². The number of halogens is 2. The first-order valence-corrected chi connectivity index (χ1v) is 9.42. The Kier molecular flexibility index (Phi) is 6.11. The minimum Gasteiger partial charge on any atom is -0.326 e. The van der Waals surface area contributed by atoms with Gasteiger partial charge in [0.25, 0.3) is 10.0 Å². The quantitative estimate of drug-likeness (QED) is 0.736. The maximum Gasteiger partial charge on any atom is 0.264 e. The van der Waals surface area contributed by atoms with Crippen LogP contribution in [0, 0.1) is 0 Å². The van der Waals surface area contributed by atoms with Crippen LogP contribution in [0.15, 0.2) is 60.0 Å². The van der Waals surface area contributed by atoms with Crippen molar-refractivity contribution in [1.29, 1.82) is 0 Å². The van der Waals surface area contributed by atoms with Crippen molar-refractivity contribution in [2.75, 3.05) is 16.2 Å². The molecule has 0 heterocycles. The summed E-state index contributed by atoms with van der Waals surface area (Å²) in [4.78, 5) is 11.1. The summed E-state index contributed by atoms with van der Waals surface area (Å²) >= 11 is 12.2. The Bertz CT molecular complexity index is 897. The van der Waals surface area contributed by atoms with Crippen molar-refractivity contribution >= 4 is 50.5 Å². The number of nitrogens with zero attached hydrogens (tertiary/aromatic N) is 1. The lowest BCUT2D eigenvalue weighted by Gasteiger charge is -2.24. The van der Waals surface area contributed by atoms with Crippen LogP contribution in [0.4, 0.5) is 11.4 Å². The van der Waals surface area contributed by atoms with Crippen LogP contribution in [-0.4, -0.2) is 20.9 Å². The predicted octanol–water partition coefficient (Wildman–Crippen LogP) is 4.33. The van der Waals surface area contributed by atoms with Gasteiger partial charge in [0.05, 0.1) is 27.2 Å². The Labute approximate surface area is 156 Å². The summed E-state index contributed by atoms with van der Waals surface area (Å²) in [6.07, 6.45) is 1.46. The Balaban J connectivity index is 2.47. The van der Waals surface area contributed by atoms with E-state index in [9.17, 15) is 13.2 Å². The number of carbonyl (C=O) groups excluding carboxylic acids is 1. The van der Waals surface area contributed by atoms with E-state index in [0.717, 1.165) is 4.31 Å². The van der Waals surface area contributed by atoms with Crippen molar-refractivity contribution in [3.8, 4) is 0 Å². The van der Waals surface area contributed by atoms with Crippen molar-refractivity contribution in [3.63, 3.8) is 0 Å². The molecule has 0 aromatic heterocycles. The highest BCUT2D eigenvalue weighted by Gasteiger charge is 2.26. The molecule has 2 rings (SSSR count). The fourth-order valence-electron chi connectivity index (χ4n) is 2.17. The molecule has 2 aromatic carbocycles. The van der Waals surface area contributed by atoms with E-state index in [1.165, 1.54) is 37.3 Å². The van der Waals surface area contributed by atoms with Crippen LogP contribution in [0.3, 0.4) is 0 Å². The molecule has 25 heavy (non-hydrogen) atoms. The molecule has 0 spiro atoms. The molecule has 0 atom stereocenters. The van der Waals surface area contributed by atoms with Gasteiger partial charge in [0, 0.05) is 12.6 Å². The lowest BCUT2D eigenvalue weighted by Crippen LogP contribution is -2.31. The van der Waals surface area contributed by atoms with E-state index in [0.29, 0.717) is 5.69 Å². The van der Waals surface area contributed by atoms with Gasteiger partial charge in [0.1, 0.15) is 0 Å². The zero-order chi connectivity index (χ0) is 18.6. The van der Waals surface area contributed by atoms with Crippen LogP contribution < -0.4 is 9.62 Å². The summed E-state index contributed by atoms with van der Waals surface area (Å²) in [5.41, 5.74) is 0.766. The normalized spacial score (nSPS) is 11.0. The van der Waals surface area contributed by atoms with Crippen molar-refractivity contribution < 1.29 is 13.2 Å². The first kappa shape index (κ1) is 19.3. The van der Waals surface area contributed by atoms with Crippen LogP contribution in [0.2, 0.25) is 10.0 Å². The number of carbonyl (C=O) groups is 1. The third-order valence-corrected chi connectivity index (χ3v) is 5.86. The molecule has 132 valence electrons. The topological polar surface area (TPSA) is 66.5 Å². The van der Waals surface area contributed by atoms with Gasteiger partial charge in [-0.2, -0.15) is 0 Å². The fraction of sp³-hybridized carbons (Fsp3) is 0.118. The Morgan fingerprint density at radius 2 is 1.84 bits per heavy atom. The first-order chi connectivity index (χ1) is 11.8. The molecule has 0 aliphatic carbocycles. The highest BCUT2D eigenvalue weighted by atomic mass is 35.5. The van der Waals surface area contributed by atoms with Gasteiger partial charge in [-0.15, -0.1) is 6.58 Å². The van der Waals surface area contributed by atoms with Crippen molar-refractivity contribution in [2.24, 2.45) is 0 Å². The second kappa shape index (κ2) is 7.91. The van der Waals surface area contributed by atoms with Crippen LogP contribution >= 0.6 is 23.2 Å². The van der Waals surface area contributed by atoms with Crippen molar-refractivity contribution in [2.45, 2.75) is 11.8 Å². The van der Waals surface area contributed by atoms with Crippen molar-refractivity contribution in [1.82, 2.24) is 0 Å². The van der Waals surface area contributed by atoms with E-state index in [-0.39, 0.29) is 33.1 Å². The Hall–Kier alpha value is -2.02. The van der Waals surface area contributed by atoms with E-state index >= 15 is 0 Å². The highest BCUT2D eigenvalue weighted by molar-refractivity contribution is 7.92. The summed E-state index contributed by atoms with van der Waals surface area (Å²) in [7, 11) is -3.89. The summed E-state index contributed by atoms with van der Waals surface area (Å²) in [5.74, 6) is -0.241. The van der Waals surface area contributed by atoms with Crippen LogP contribution in [0.25, 0.3) is 0 Å². The van der Waals surface area contributed by atoms with E-state index in [4.69, 9.17) is 23.2 Å².